The lowest BCUT2D eigenvalue weighted by Crippen LogP contribution is -2.47. The number of rotatable bonds is 6. The number of benzene rings is 2. The van der Waals surface area contributed by atoms with Crippen LogP contribution in [0.5, 0.6) is 0 Å². The van der Waals surface area contributed by atoms with Gasteiger partial charge in [-0.1, -0.05) is 41.6 Å². The van der Waals surface area contributed by atoms with Crippen molar-refractivity contribution < 1.29 is 5.11 Å². The van der Waals surface area contributed by atoms with Gasteiger partial charge in [-0.15, -0.1) is 0 Å². The Bertz CT molecular complexity index is 675. The maximum absolute atomic E-state index is 9.11. The Hall–Kier alpha value is -1.04. The fourth-order valence-corrected chi connectivity index (χ4v) is 4.48. The molecule has 2 aromatic rings. The Kier molecular flexibility index (Phi) is 6.79. The van der Waals surface area contributed by atoms with E-state index in [1.807, 2.05) is 12.1 Å². The van der Waals surface area contributed by atoms with E-state index in [2.05, 4.69) is 53.1 Å². The van der Waals surface area contributed by atoms with Gasteiger partial charge in [-0.05, 0) is 42.8 Å². The molecule has 0 aliphatic carbocycles. The zero-order chi connectivity index (χ0) is 17.6. The molecule has 0 spiro atoms. The molecular weight excluding hydrogens is 352 g/mol. The van der Waals surface area contributed by atoms with Crippen molar-refractivity contribution >= 4 is 23.4 Å². The van der Waals surface area contributed by atoms with E-state index in [-0.39, 0.29) is 6.61 Å². The summed E-state index contributed by atoms with van der Waals surface area (Å²) in [7, 11) is 0. The van der Waals surface area contributed by atoms with Crippen LogP contribution in [-0.4, -0.2) is 54.2 Å². The number of aliphatic hydroxyl groups excluding tert-OH is 1. The van der Waals surface area contributed by atoms with Crippen molar-refractivity contribution in [2.24, 2.45) is 0 Å². The van der Waals surface area contributed by atoms with E-state index < -0.39 is 0 Å². The van der Waals surface area contributed by atoms with Gasteiger partial charge in [0, 0.05) is 53.6 Å². The van der Waals surface area contributed by atoms with Crippen LogP contribution in [0.25, 0.3) is 0 Å². The van der Waals surface area contributed by atoms with Gasteiger partial charge in [-0.25, -0.2) is 0 Å². The van der Waals surface area contributed by atoms with Crippen LogP contribution in [0.2, 0.25) is 5.02 Å². The third-order valence-electron chi connectivity index (χ3n) is 4.76. The molecule has 5 heteroatoms. The van der Waals surface area contributed by atoms with Gasteiger partial charge in [0.15, 0.2) is 0 Å². The molecule has 0 bridgehead atoms. The molecule has 3 rings (SSSR count). The Morgan fingerprint density at radius 1 is 1.08 bits per heavy atom. The van der Waals surface area contributed by atoms with Crippen LogP contribution in [0, 0.1) is 0 Å². The van der Waals surface area contributed by atoms with E-state index in [1.54, 1.807) is 11.8 Å². The zero-order valence-corrected chi connectivity index (χ0v) is 16.1. The number of aliphatic hydroxyl groups is 1. The molecule has 1 heterocycles. The molecule has 1 fully saturated rings. The van der Waals surface area contributed by atoms with Crippen LogP contribution in [0.4, 0.5) is 0 Å². The first-order valence-corrected chi connectivity index (χ1v) is 9.96. The molecule has 2 aromatic carbocycles. The first kappa shape index (κ1) is 18.7. The summed E-state index contributed by atoms with van der Waals surface area (Å²) in [5, 5.41) is 9.90. The Morgan fingerprint density at radius 3 is 2.48 bits per heavy atom. The van der Waals surface area contributed by atoms with Gasteiger partial charge in [0.05, 0.1) is 6.61 Å². The van der Waals surface area contributed by atoms with Crippen LogP contribution >= 0.6 is 23.4 Å². The summed E-state index contributed by atoms with van der Waals surface area (Å²) in [5.74, 6) is 0. The second-order valence-corrected chi connectivity index (χ2v) is 7.93. The minimum absolute atomic E-state index is 0.238. The van der Waals surface area contributed by atoms with Crippen LogP contribution in [0.15, 0.2) is 58.3 Å². The van der Waals surface area contributed by atoms with Gasteiger partial charge in [0.2, 0.25) is 0 Å². The monoisotopic (exact) mass is 376 g/mol. The summed E-state index contributed by atoms with van der Waals surface area (Å²) in [6.45, 7) is 7.32. The maximum atomic E-state index is 9.11. The molecule has 1 N–H and O–H groups in total. The van der Waals surface area contributed by atoms with Crippen molar-refractivity contribution in [2.75, 3.05) is 39.3 Å². The van der Waals surface area contributed by atoms with Gasteiger partial charge < -0.3 is 5.11 Å². The van der Waals surface area contributed by atoms with Gasteiger partial charge in [-0.3, -0.25) is 9.80 Å². The first-order chi connectivity index (χ1) is 12.2. The number of halogens is 1. The standard InChI is InChI=1S/C20H25ClN2OS/c1-16(23-11-9-22(10-12-23)13-14-24)19-15-17(21)7-8-20(19)25-18-5-3-2-4-6-18/h2-8,15-16,24H,9-14H2,1H3/t16-/m0/s1. The average molecular weight is 377 g/mol. The third-order valence-corrected chi connectivity index (χ3v) is 6.10. The van der Waals surface area contributed by atoms with Crippen molar-refractivity contribution in [3.8, 4) is 0 Å². The zero-order valence-electron chi connectivity index (χ0n) is 14.6. The van der Waals surface area contributed by atoms with E-state index in [1.165, 1.54) is 15.4 Å². The molecule has 0 saturated carbocycles. The number of nitrogens with zero attached hydrogens (tertiary/aromatic N) is 2. The molecule has 1 aliphatic rings. The van der Waals surface area contributed by atoms with Crippen LogP contribution in [0.1, 0.15) is 18.5 Å². The molecular formula is C20H25ClN2OS. The molecule has 134 valence electrons. The predicted molar refractivity (Wildman–Crippen MR) is 106 cm³/mol. The smallest absolute Gasteiger partial charge is 0.0558 e. The molecule has 0 aromatic heterocycles. The van der Waals surface area contributed by atoms with E-state index in [4.69, 9.17) is 16.7 Å². The summed E-state index contributed by atoms with van der Waals surface area (Å²) < 4.78 is 0. The van der Waals surface area contributed by atoms with E-state index in [0.29, 0.717) is 6.04 Å². The fraction of sp³-hybridized carbons (Fsp3) is 0.400. The summed E-state index contributed by atoms with van der Waals surface area (Å²) in [4.78, 5) is 7.34. The first-order valence-electron chi connectivity index (χ1n) is 8.77. The third kappa shape index (κ3) is 4.99. The minimum Gasteiger partial charge on any atom is -0.395 e. The normalized spacial score (nSPS) is 17.6. The number of β-amino-alcohol motifs (C(OH)–C–C–N with tert-alkyl or cyclic N) is 1. The maximum Gasteiger partial charge on any atom is 0.0558 e. The Balaban J connectivity index is 1.75. The highest BCUT2D eigenvalue weighted by molar-refractivity contribution is 7.99. The second-order valence-electron chi connectivity index (χ2n) is 6.37. The molecule has 0 radical (unpaired) electrons. The van der Waals surface area contributed by atoms with Crippen molar-refractivity contribution in [1.29, 1.82) is 0 Å². The SMILES string of the molecule is C[C@@H](c1cc(Cl)ccc1Sc1ccccc1)N1CCN(CCO)CC1. The minimum atomic E-state index is 0.238. The van der Waals surface area contributed by atoms with Crippen LogP contribution in [0.3, 0.4) is 0 Å². The summed E-state index contributed by atoms with van der Waals surface area (Å²) in [6, 6.07) is 17.0. The highest BCUT2D eigenvalue weighted by Gasteiger charge is 2.23. The van der Waals surface area contributed by atoms with Gasteiger partial charge in [-0.2, -0.15) is 0 Å². The topological polar surface area (TPSA) is 26.7 Å². The van der Waals surface area contributed by atoms with Crippen LogP contribution < -0.4 is 0 Å². The fourth-order valence-electron chi connectivity index (χ4n) is 3.27. The van der Waals surface area contributed by atoms with E-state index in [9.17, 15) is 0 Å². The van der Waals surface area contributed by atoms with Gasteiger partial charge >= 0.3 is 0 Å². The Morgan fingerprint density at radius 2 is 1.80 bits per heavy atom. The van der Waals surface area contributed by atoms with Crippen molar-refractivity contribution in [1.82, 2.24) is 9.80 Å². The molecule has 1 atom stereocenters. The summed E-state index contributed by atoms with van der Waals surface area (Å²) >= 11 is 8.10. The molecule has 1 saturated heterocycles. The van der Waals surface area contributed by atoms with Crippen molar-refractivity contribution in [2.45, 2.75) is 22.8 Å². The second kappa shape index (κ2) is 9.06. The molecule has 3 nitrogen and oxygen atoms in total. The van der Waals surface area contributed by atoms with Gasteiger partial charge in [0.25, 0.3) is 0 Å². The average Bonchev–Trinajstić information content (AvgIpc) is 2.64. The quantitative estimate of drug-likeness (QED) is 0.818. The Labute approximate surface area is 159 Å². The highest BCUT2D eigenvalue weighted by Crippen LogP contribution is 2.36. The molecule has 0 amide bonds. The molecule has 1 aliphatic heterocycles. The summed E-state index contributed by atoms with van der Waals surface area (Å²) in [6.07, 6.45) is 0. The lowest BCUT2D eigenvalue weighted by atomic mass is 10.1. The number of piperazine rings is 1. The molecule has 0 unspecified atom stereocenters. The summed E-state index contributed by atoms with van der Waals surface area (Å²) in [5.41, 5.74) is 1.29. The van der Waals surface area contributed by atoms with Crippen molar-refractivity contribution in [3.05, 3.63) is 59.1 Å². The predicted octanol–water partition coefficient (Wildman–Crippen LogP) is 4.16. The number of hydrogen-bond acceptors (Lipinski definition) is 4. The lowest BCUT2D eigenvalue weighted by Gasteiger charge is -2.38. The highest BCUT2D eigenvalue weighted by atomic mass is 35.5. The molecule has 25 heavy (non-hydrogen) atoms. The van der Waals surface area contributed by atoms with Gasteiger partial charge in [0.1, 0.15) is 0 Å². The van der Waals surface area contributed by atoms with E-state index in [0.717, 1.165) is 37.7 Å². The van der Waals surface area contributed by atoms with Crippen LogP contribution in [-0.2, 0) is 0 Å². The lowest BCUT2D eigenvalue weighted by molar-refractivity contribution is 0.0881. The number of hydrogen-bond donors (Lipinski definition) is 1. The van der Waals surface area contributed by atoms with Crippen molar-refractivity contribution in [3.63, 3.8) is 0 Å². The van der Waals surface area contributed by atoms with E-state index >= 15 is 0 Å². The largest absolute Gasteiger partial charge is 0.395 e.